The highest BCUT2D eigenvalue weighted by molar-refractivity contribution is 5.40. The van der Waals surface area contributed by atoms with E-state index in [0.717, 1.165) is 25.3 Å². The van der Waals surface area contributed by atoms with Crippen LogP contribution in [0.15, 0.2) is 24.5 Å². The summed E-state index contributed by atoms with van der Waals surface area (Å²) in [4.78, 5) is 4.07. The summed E-state index contributed by atoms with van der Waals surface area (Å²) in [5.74, 6) is 0.634. The maximum atomic E-state index is 5.36. The van der Waals surface area contributed by atoms with Gasteiger partial charge in [-0.2, -0.15) is 0 Å². The van der Waals surface area contributed by atoms with Crippen LogP contribution in [0.1, 0.15) is 13.3 Å². The molecular formula is C11H16N2O. The van der Waals surface area contributed by atoms with E-state index in [2.05, 4.69) is 17.2 Å². The molecule has 1 aliphatic rings. The van der Waals surface area contributed by atoms with Gasteiger partial charge in [0.2, 0.25) is 0 Å². The first-order chi connectivity index (χ1) is 6.86. The molecule has 1 aromatic heterocycles. The maximum absolute atomic E-state index is 5.36. The zero-order valence-corrected chi connectivity index (χ0v) is 8.44. The summed E-state index contributed by atoms with van der Waals surface area (Å²) < 4.78 is 5.36. The van der Waals surface area contributed by atoms with E-state index in [1.807, 2.05) is 18.3 Å². The van der Waals surface area contributed by atoms with Crippen LogP contribution in [-0.2, 0) is 4.74 Å². The molecule has 14 heavy (non-hydrogen) atoms. The van der Waals surface area contributed by atoms with Gasteiger partial charge in [0.1, 0.15) is 0 Å². The molecule has 3 nitrogen and oxygen atoms in total. The SMILES string of the molecule is CC(Nc1cccnc1)C1CCOC1. The number of hydrogen-bond donors (Lipinski definition) is 1. The van der Waals surface area contributed by atoms with E-state index in [1.54, 1.807) is 6.20 Å². The Morgan fingerprint density at radius 2 is 2.57 bits per heavy atom. The summed E-state index contributed by atoms with van der Waals surface area (Å²) in [6, 6.07) is 4.45. The molecule has 2 atom stereocenters. The third-order valence-corrected chi connectivity index (χ3v) is 2.73. The lowest BCUT2D eigenvalue weighted by molar-refractivity contribution is 0.183. The number of pyridine rings is 1. The molecule has 1 N–H and O–H groups in total. The van der Waals surface area contributed by atoms with E-state index in [-0.39, 0.29) is 0 Å². The summed E-state index contributed by atoms with van der Waals surface area (Å²) in [7, 11) is 0. The summed E-state index contributed by atoms with van der Waals surface area (Å²) in [6.07, 6.45) is 4.80. The van der Waals surface area contributed by atoms with Crippen molar-refractivity contribution in [2.75, 3.05) is 18.5 Å². The van der Waals surface area contributed by atoms with Crippen LogP contribution < -0.4 is 5.32 Å². The molecule has 1 saturated heterocycles. The van der Waals surface area contributed by atoms with Gasteiger partial charge in [-0.15, -0.1) is 0 Å². The first-order valence-electron chi connectivity index (χ1n) is 5.10. The lowest BCUT2D eigenvalue weighted by atomic mass is 10.0. The van der Waals surface area contributed by atoms with Gasteiger partial charge in [0.05, 0.1) is 12.3 Å². The normalized spacial score (nSPS) is 23.4. The lowest BCUT2D eigenvalue weighted by Gasteiger charge is -2.19. The Balaban J connectivity index is 1.90. The van der Waals surface area contributed by atoms with E-state index in [1.165, 1.54) is 0 Å². The van der Waals surface area contributed by atoms with E-state index in [9.17, 15) is 0 Å². The van der Waals surface area contributed by atoms with Crippen molar-refractivity contribution in [2.24, 2.45) is 5.92 Å². The van der Waals surface area contributed by atoms with Gasteiger partial charge in [-0.25, -0.2) is 0 Å². The van der Waals surface area contributed by atoms with Crippen molar-refractivity contribution < 1.29 is 4.74 Å². The van der Waals surface area contributed by atoms with E-state index < -0.39 is 0 Å². The lowest BCUT2D eigenvalue weighted by Crippen LogP contribution is -2.26. The summed E-state index contributed by atoms with van der Waals surface area (Å²) >= 11 is 0. The van der Waals surface area contributed by atoms with Gasteiger partial charge in [0.25, 0.3) is 0 Å². The Hall–Kier alpha value is -1.09. The first-order valence-corrected chi connectivity index (χ1v) is 5.10. The predicted molar refractivity (Wildman–Crippen MR) is 56.2 cm³/mol. The molecule has 2 heterocycles. The number of rotatable bonds is 3. The molecule has 0 aliphatic carbocycles. The summed E-state index contributed by atoms with van der Waals surface area (Å²) in [5, 5.41) is 3.44. The molecule has 0 aromatic carbocycles. The molecule has 1 fully saturated rings. The molecule has 0 amide bonds. The Morgan fingerprint density at radius 3 is 3.21 bits per heavy atom. The van der Waals surface area contributed by atoms with Gasteiger partial charge in [0.15, 0.2) is 0 Å². The largest absolute Gasteiger partial charge is 0.381 e. The predicted octanol–water partition coefficient (Wildman–Crippen LogP) is 1.92. The van der Waals surface area contributed by atoms with Crippen molar-refractivity contribution in [2.45, 2.75) is 19.4 Å². The van der Waals surface area contributed by atoms with Crippen molar-refractivity contribution in [1.82, 2.24) is 4.98 Å². The quantitative estimate of drug-likeness (QED) is 0.794. The van der Waals surface area contributed by atoms with Crippen molar-refractivity contribution >= 4 is 5.69 Å². The van der Waals surface area contributed by atoms with Gasteiger partial charge < -0.3 is 10.1 Å². The van der Waals surface area contributed by atoms with Crippen molar-refractivity contribution in [3.8, 4) is 0 Å². The minimum atomic E-state index is 0.460. The van der Waals surface area contributed by atoms with Crippen LogP contribution in [0.5, 0.6) is 0 Å². The number of ether oxygens (including phenoxy) is 1. The average molecular weight is 192 g/mol. The fraction of sp³-hybridized carbons (Fsp3) is 0.545. The van der Waals surface area contributed by atoms with Crippen LogP contribution in [-0.4, -0.2) is 24.2 Å². The third kappa shape index (κ3) is 2.23. The molecule has 0 spiro atoms. The number of nitrogens with one attached hydrogen (secondary N) is 1. The maximum Gasteiger partial charge on any atom is 0.0528 e. The van der Waals surface area contributed by atoms with Crippen LogP contribution in [0.25, 0.3) is 0 Å². The molecule has 1 aliphatic heterocycles. The van der Waals surface area contributed by atoms with Gasteiger partial charge in [-0.05, 0) is 25.5 Å². The molecular weight excluding hydrogens is 176 g/mol. The molecule has 2 rings (SSSR count). The molecule has 0 radical (unpaired) electrons. The van der Waals surface area contributed by atoms with E-state index in [4.69, 9.17) is 4.74 Å². The van der Waals surface area contributed by atoms with Crippen molar-refractivity contribution in [3.05, 3.63) is 24.5 Å². The highest BCUT2D eigenvalue weighted by Gasteiger charge is 2.21. The number of anilines is 1. The monoisotopic (exact) mass is 192 g/mol. The average Bonchev–Trinajstić information content (AvgIpc) is 2.72. The summed E-state index contributed by atoms with van der Waals surface area (Å²) in [6.45, 7) is 3.99. The van der Waals surface area contributed by atoms with Crippen LogP contribution >= 0.6 is 0 Å². The minimum Gasteiger partial charge on any atom is -0.381 e. The number of aromatic nitrogens is 1. The van der Waals surface area contributed by atoms with Crippen LogP contribution in [0.4, 0.5) is 5.69 Å². The Morgan fingerprint density at radius 1 is 1.64 bits per heavy atom. The van der Waals surface area contributed by atoms with Gasteiger partial charge in [-0.1, -0.05) is 0 Å². The highest BCUT2D eigenvalue weighted by Crippen LogP contribution is 2.19. The highest BCUT2D eigenvalue weighted by atomic mass is 16.5. The Bertz CT molecular complexity index is 270. The van der Waals surface area contributed by atoms with Gasteiger partial charge in [0, 0.05) is 31.0 Å². The second-order valence-corrected chi connectivity index (χ2v) is 3.80. The van der Waals surface area contributed by atoms with Crippen molar-refractivity contribution in [1.29, 1.82) is 0 Å². The van der Waals surface area contributed by atoms with Crippen LogP contribution in [0, 0.1) is 5.92 Å². The third-order valence-electron chi connectivity index (χ3n) is 2.73. The standard InChI is InChI=1S/C11H16N2O/c1-9(10-4-6-14-8-10)13-11-3-2-5-12-7-11/h2-3,5,7,9-10,13H,4,6,8H2,1H3. The second kappa shape index (κ2) is 4.42. The number of nitrogens with zero attached hydrogens (tertiary/aromatic N) is 1. The number of hydrogen-bond acceptors (Lipinski definition) is 3. The first kappa shape index (κ1) is 9.46. The smallest absolute Gasteiger partial charge is 0.0528 e. The van der Waals surface area contributed by atoms with Crippen LogP contribution in [0.2, 0.25) is 0 Å². The van der Waals surface area contributed by atoms with E-state index >= 15 is 0 Å². The second-order valence-electron chi connectivity index (χ2n) is 3.80. The Kier molecular flexibility index (Phi) is 2.99. The Labute approximate surface area is 84.5 Å². The van der Waals surface area contributed by atoms with Crippen molar-refractivity contribution in [3.63, 3.8) is 0 Å². The molecule has 2 unspecified atom stereocenters. The molecule has 3 heteroatoms. The molecule has 1 aromatic rings. The zero-order chi connectivity index (χ0) is 9.80. The fourth-order valence-corrected chi connectivity index (χ4v) is 1.78. The van der Waals surface area contributed by atoms with E-state index in [0.29, 0.717) is 12.0 Å². The van der Waals surface area contributed by atoms with Gasteiger partial charge >= 0.3 is 0 Å². The zero-order valence-electron chi connectivity index (χ0n) is 8.44. The topological polar surface area (TPSA) is 34.2 Å². The van der Waals surface area contributed by atoms with Gasteiger partial charge in [-0.3, -0.25) is 4.98 Å². The minimum absolute atomic E-state index is 0.460. The summed E-state index contributed by atoms with van der Waals surface area (Å²) in [5.41, 5.74) is 1.09. The molecule has 76 valence electrons. The fourth-order valence-electron chi connectivity index (χ4n) is 1.78. The molecule has 0 saturated carbocycles. The van der Waals surface area contributed by atoms with Crippen LogP contribution in [0.3, 0.4) is 0 Å². The molecule has 0 bridgehead atoms.